The van der Waals surface area contributed by atoms with Gasteiger partial charge in [-0.2, -0.15) is 0 Å². The molecule has 2 amide bonds. The van der Waals surface area contributed by atoms with E-state index in [0.717, 1.165) is 6.54 Å². The molecule has 0 bridgehead atoms. The molecule has 0 aliphatic carbocycles. The van der Waals surface area contributed by atoms with Gasteiger partial charge in [0.2, 0.25) is 0 Å². The summed E-state index contributed by atoms with van der Waals surface area (Å²) in [7, 11) is 3.14. The lowest BCUT2D eigenvalue weighted by molar-refractivity contribution is 0.245. The van der Waals surface area contributed by atoms with E-state index in [1.807, 2.05) is 0 Å². The molecule has 4 heteroatoms. The van der Waals surface area contributed by atoms with Crippen molar-refractivity contribution < 1.29 is 4.79 Å². The topological polar surface area (TPSA) is 53.2 Å². The number of nitrogens with one attached hydrogen (secondary N) is 3. The molecule has 1 heterocycles. The first-order valence-electron chi connectivity index (χ1n) is 4.99. The lowest BCUT2D eigenvalue weighted by atomic mass is 10.2. The fraction of sp³-hybridized carbons (Fsp3) is 0.364. The molecular weight excluding hydrogens is 190 g/mol. The van der Waals surface area contributed by atoms with Crippen LogP contribution in [0.2, 0.25) is 0 Å². The van der Waals surface area contributed by atoms with Gasteiger partial charge in [0.25, 0.3) is 0 Å². The molecule has 2 rings (SSSR count). The third-order valence-corrected chi connectivity index (χ3v) is 2.18. The highest BCUT2D eigenvalue weighted by Crippen LogP contribution is 2.19. The monoisotopic (exact) mass is 207 g/mol. The Bertz CT molecular complexity index is 296. The number of anilines is 1. The van der Waals surface area contributed by atoms with Crippen molar-refractivity contribution in [2.24, 2.45) is 0 Å². The van der Waals surface area contributed by atoms with Crippen LogP contribution in [-0.2, 0) is 6.42 Å². The number of fused-ring (bicyclic) bond motifs is 1. The van der Waals surface area contributed by atoms with E-state index in [0.29, 0.717) is 0 Å². The van der Waals surface area contributed by atoms with E-state index in [2.05, 4.69) is 40.2 Å². The van der Waals surface area contributed by atoms with Crippen molar-refractivity contribution in [3.63, 3.8) is 0 Å². The van der Waals surface area contributed by atoms with Crippen molar-refractivity contribution in [1.29, 1.82) is 0 Å². The number of amides is 2. The van der Waals surface area contributed by atoms with Gasteiger partial charge >= 0.3 is 6.03 Å². The van der Waals surface area contributed by atoms with E-state index in [1.165, 1.54) is 17.7 Å². The minimum Gasteiger partial charge on any atom is -0.384 e. The third kappa shape index (κ3) is 3.50. The maximum atomic E-state index is 9.96. The highest BCUT2D eigenvalue weighted by atomic mass is 16.2. The van der Waals surface area contributed by atoms with Gasteiger partial charge in [-0.1, -0.05) is 18.2 Å². The van der Waals surface area contributed by atoms with Gasteiger partial charge in [0.05, 0.1) is 0 Å². The first kappa shape index (κ1) is 11.4. The van der Waals surface area contributed by atoms with Gasteiger partial charge in [0, 0.05) is 26.3 Å². The summed E-state index contributed by atoms with van der Waals surface area (Å²) in [6.07, 6.45) is 1.19. The second-order valence-corrected chi connectivity index (χ2v) is 3.16. The van der Waals surface area contributed by atoms with Crippen LogP contribution in [-0.4, -0.2) is 26.7 Å². The van der Waals surface area contributed by atoms with Gasteiger partial charge in [-0.25, -0.2) is 4.79 Å². The first-order chi connectivity index (χ1) is 7.27. The van der Waals surface area contributed by atoms with E-state index in [1.54, 1.807) is 14.1 Å². The maximum absolute atomic E-state index is 9.96. The summed E-state index contributed by atoms with van der Waals surface area (Å²) >= 11 is 0. The zero-order chi connectivity index (χ0) is 11.1. The van der Waals surface area contributed by atoms with Crippen LogP contribution in [0.1, 0.15) is 5.56 Å². The molecule has 1 aromatic rings. The highest BCUT2D eigenvalue weighted by molar-refractivity contribution is 5.72. The van der Waals surface area contributed by atoms with Crippen LogP contribution in [0.4, 0.5) is 10.5 Å². The summed E-state index contributed by atoms with van der Waals surface area (Å²) in [5.41, 5.74) is 2.77. The number of hydrogen-bond donors (Lipinski definition) is 3. The van der Waals surface area contributed by atoms with Gasteiger partial charge in [-0.3, -0.25) is 0 Å². The molecule has 0 radical (unpaired) electrons. The van der Waals surface area contributed by atoms with Crippen molar-refractivity contribution in [2.75, 3.05) is 26.0 Å². The Balaban J connectivity index is 0.000000167. The summed E-state index contributed by atoms with van der Waals surface area (Å²) < 4.78 is 0. The summed E-state index contributed by atoms with van der Waals surface area (Å²) in [4.78, 5) is 9.96. The molecule has 82 valence electrons. The van der Waals surface area contributed by atoms with E-state index < -0.39 is 0 Å². The Hall–Kier alpha value is -1.71. The molecule has 0 aromatic heterocycles. The molecule has 0 unspecified atom stereocenters. The fourth-order valence-electron chi connectivity index (χ4n) is 1.37. The zero-order valence-electron chi connectivity index (χ0n) is 9.13. The van der Waals surface area contributed by atoms with Crippen molar-refractivity contribution in [3.8, 4) is 0 Å². The van der Waals surface area contributed by atoms with Crippen LogP contribution in [0.3, 0.4) is 0 Å². The number of rotatable bonds is 0. The van der Waals surface area contributed by atoms with Gasteiger partial charge in [0.15, 0.2) is 0 Å². The molecule has 0 fully saturated rings. The minimum absolute atomic E-state index is 0.157. The Morgan fingerprint density at radius 3 is 2.47 bits per heavy atom. The summed E-state index contributed by atoms with van der Waals surface area (Å²) in [5.74, 6) is 0. The van der Waals surface area contributed by atoms with Crippen LogP contribution in [0.25, 0.3) is 0 Å². The minimum atomic E-state index is -0.157. The Morgan fingerprint density at radius 2 is 1.93 bits per heavy atom. The summed E-state index contributed by atoms with van der Waals surface area (Å²) in [6.45, 7) is 1.11. The summed E-state index contributed by atoms with van der Waals surface area (Å²) in [6, 6.07) is 8.30. The van der Waals surface area contributed by atoms with Crippen LogP contribution in [0.15, 0.2) is 24.3 Å². The molecule has 15 heavy (non-hydrogen) atoms. The number of para-hydroxylation sites is 1. The molecule has 0 saturated heterocycles. The molecule has 1 aromatic carbocycles. The van der Waals surface area contributed by atoms with E-state index in [-0.39, 0.29) is 6.03 Å². The van der Waals surface area contributed by atoms with Gasteiger partial charge < -0.3 is 16.0 Å². The van der Waals surface area contributed by atoms with Crippen molar-refractivity contribution in [2.45, 2.75) is 6.42 Å². The average Bonchev–Trinajstić information content (AvgIpc) is 2.76. The quantitative estimate of drug-likeness (QED) is 0.598. The van der Waals surface area contributed by atoms with Crippen molar-refractivity contribution in [1.82, 2.24) is 10.6 Å². The van der Waals surface area contributed by atoms with Crippen LogP contribution >= 0.6 is 0 Å². The molecule has 3 N–H and O–H groups in total. The number of carbonyl (C=O) groups excluding carboxylic acids is 1. The molecule has 4 nitrogen and oxygen atoms in total. The van der Waals surface area contributed by atoms with Crippen LogP contribution < -0.4 is 16.0 Å². The molecule has 1 aliphatic heterocycles. The SMILES string of the molecule is CNC(=O)NC.c1ccc2c(c1)CCN2. The number of urea groups is 1. The Labute approximate surface area is 90.1 Å². The second-order valence-electron chi connectivity index (χ2n) is 3.16. The van der Waals surface area contributed by atoms with Gasteiger partial charge in [0.1, 0.15) is 0 Å². The number of hydrogen-bond acceptors (Lipinski definition) is 2. The smallest absolute Gasteiger partial charge is 0.314 e. The van der Waals surface area contributed by atoms with Crippen LogP contribution in [0, 0.1) is 0 Å². The largest absolute Gasteiger partial charge is 0.384 e. The highest BCUT2D eigenvalue weighted by Gasteiger charge is 2.05. The van der Waals surface area contributed by atoms with E-state index in [9.17, 15) is 4.79 Å². The zero-order valence-corrected chi connectivity index (χ0v) is 9.13. The first-order valence-corrected chi connectivity index (χ1v) is 4.99. The van der Waals surface area contributed by atoms with E-state index in [4.69, 9.17) is 0 Å². The number of carbonyl (C=O) groups is 1. The molecular formula is C11H17N3O. The van der Waals surface area contributed by atoms with E-state index >= 15 is 0 Å². The lowest BCUT2D eigenvalue weighted by Crippen LogP contribution is -2.28. The maximum Gasteiger partial charge on any atom is 0.314 e. The lowest BCUT2D eigenvalue weighted by Gasteiger charge is -1.94. The van der Waals surface area contributed by atoms with Crippen molar-refractivity contribution in [3.05, 3.63) is 29.8 Å². The van der Waals surface area contributed by atoms with Gasteiger partial charge in [-0.05, 0) is 18.1 Å². The molecule has 1 aliphatic rings. The predicted molar refractivity (Wildman–Crippen MR) is 62.2 cm³/mol. The Morgan fingerprint density at radius 1 is 1.27 bits per heavy atom. The van der Waals surface area contributed by atoms with Crippen LogP contribution in [0.5, 0.6) is 0 Å². The molecule has 0 saturated carbocycles. The fourth-order valence-corrected chi connectivity index (χ4v) is 1.37. The second kappa shape index (κ2) is 5.90. The Kier molecular flexibility index (Phi) is 4.47. The van der Waals surface area contributed by atoms with Crippen molar-refractivity contribution >= 4 is 11.7 Å². The predicted octanol–water partition coefficient (Wildman–Crippen LogP) is 1.20. The summed E-state index contributed by atoms with van der Waals surface area (Å²) in [5, 5.41) is 8.03. The average molecular weight is 207 g/mol. The third-order valence-electron chi connectivity index (χ3n) is 2.18. The molecule has 0 atom stereocenters. The molecule has 0 spiro atoms. The normalized spacial score (nSPS) is 11.6. The number of benzene rings is 1. The standard InChI is InChI=1S/C8H9N.C3H8N2O/c1-2-4-8-7(3-1)5-6-9-8;1-4-3(6)5-2/h1-4,9H,5-6H2;1-2H3,(H2,4,5,6). The van der Waals surface area contributed by atoms with Gasteiger partial charge in [-0.15, -0.1) is 0 Å².